The van der Waals surface area contributed by atoms with Crippen molar-refractivity contribution < 1.29 is 19.5 Å². The standard InChI is InChI=1S/C24H14N4O4/c29-21-15-1-2-16-20-18(24(32)28(22(16)30)14-7-11-26-12-8-14)4-3-17(19(15)20)23(31)27(21)13-5-9-25-10-6-13/h1-12,21,29H. The fraction of sp³-hybridized carbons (Fsp3) is 0.0417. The summed E-state index contributed by atoms with van der Waals surface area (Å²) in [5.74, 6) is -1.40. The average Bonchev–Trinajstić information content (AvgIpc) is 2.83. The van der Waals surface area contributed by atoms with Crippen LogP contribution >= 0.6 is 0 Å². The number of imide groups is 1. The Morgan fingerprint density at radius 2 is 1.12 bits per heavy atom. The van der Waals surface area contributed by atoms with Gasteiger partial charge in [-0.3, -0.25) is 29.3 Å². The van der Waals surface area contributed by atoms with E-state index in [4.69, 9.17) is 0 Å². The Labute approximate surface area is 181 Å². The van der Waals surface area contributed by atoms with E-state index in [1.807, 2.05) is 0 Å². The summed E-state index contributed by atoms with van der Waals surface area (Å²) in [7, 11) is 0. The van der Waals surface area contributed by atoms with Gasteiger partial charge in [-0.2, -0.15) is 0 Å². The van der Waals surface area contributed by atoms with Gasteiger partial charge in [0.05, 0.1) is 11.4 Å². The summed E-state index contributed by atoms with van der Waals surface area (Å²) >= 11 is 0. The molecule has 32 heavy (non-hydrogen) atoms. The predicted octanol–water partition coefficient (Wildman–Crippen LogP) is 3.08. The number of hydrogen-bond donors (Lipinski definition) is 1. The van der Waals surface area contributed by atoms with Crippen molar-refractivity contribution in [3.63, 3.8) is 0 Å². The minimum Gasteiger partial charge on any atom is -0.369 e. The lowest BCUT2D eigenvalue weighted by molar-refractivity contribution is 0.0866. The van der Waals surface area contributed by atoms with Crippen LogP contribution in [0, 0.1) is 0 Å². The van der Waals surface area contributed by atoms with Gasteiger partial charge in [-0.25, -0.2) is 4.90 Å². The number of carbonyl (C=O) groups excluding carboxylic acids is 3. The number of amides is 3. The summed E-state index contributed by atoms with van der Waals surface area (Å²) in [4.78, 5) is 50.3. The number of benzene rings is 2. The molecular weight excluding hydrogens is 408 g/mol. The van der Waals surface area contributed by atoms with Gasteiger partial charge in [0.15, 0.2) is 6.23 Å². The van der Waals surface area contributed by atoms with Crippen molar-refractivity contribution in [3.8, 4) is 0 Å². The van der Waals surface area contributed by atoms with Crippen LogP contribution < -0.4 is 9.80 Å². The van der Waals surface area contributed by atoms with Crippen LogP contribution in [0.3, 0.4) is 0 Å². The van der Waals surface area contributed by atoms with E-state index in [1.165, 1.54) is 29.7 Å². The molecule has 154 valence electrons. The number of rotatable bonds is 2. The molecule has 4 aromatic rings. The number of anilines is 2. The molecule has 4 heterocycles. The molecule has 2 aromatic heterocycles. The molecule has 8 nitrogen and oxygen atoms in total. The van der Waals surface area contributed by atoms with Crippen molar-refractivity contribution in [2.24, 2.45) is 0 Å². The second kappa shape index (κ2) is 6.53. The van der Waals surface area contributed by atoms with Crippen LogP contribution in [0.2, 0.25) is 0 Å². The fourth-order valence-corrected chi connectivity index (χ4v) is 4.48. The summed E-state index contributed by atoms with van der Waals surface area (Å²) < 4.78 is 0. The molecule has 1 unspecified atom stereocenters. The Balaban J connectivity index is 1.58. The molecule has 8 heteroatoms. The zero-order valence-electron chi connectivity index (χ0n) is 16.5. The molecule has 0 spiro atoms. The normalized spacial score (nSPS) is 17.3. The highest BCUT2D eigenvalue weighted by Gasteiger charge is 2.40. The van der Waals surface area contributed by atoms with E-state index < -0.39 is 23.9 Å². The third-order valence-corrected chi connectivity index (χ3v) is 5.89. The summed E-state index contributed by atoms with van der Waals surface area (Å²) in [6.45, 7) is 0. The van der Waals surface area contributed by atoms with Gasteiger partial charge < -0.3 is 5.11 Å². The minimum atomic E-state index is -1.27. The predicted molar refractivity (Wildman–Crippen MR) is 115 cm³/mol. The van der Waals surface area contributed by atoms with E-state index in [2.05, 4.69) is 9.97 Å². The van der Waals surface area contributed by atoms with Gasteiger partial charge in [-0.05, 0) is 42.5 Å². The van der Waals surface area contributed by atoms with Crippen LogP contribution in [0.4, 0.5) is 11.4 Å². The highest BCUT2D eigenvalue weighted by molar-refractivity contribution is 6.37. The Bertz CT molecular complexity index is 1430. The highest BCUT2D eigenvalue weighted by atomic mass is 16.3. The highest BCUT2D eigenvalue weighted by Crippen LogP contribution is 2.43. The third-order valence-electron chi connectivity index (χ3n) is 5.89. The van der Waals surface area contributed by atoms with Crippen LogP contribution in [-0.4, -0.2) is 32.8 Å². The molecule has 0 radical (unpaired) electrons. The van der Waals surface area contributed by atoms with Crippen LogP contribution in [-0.2, 0) is 0 Å². The van der Waals surface area contributed by atoms with Gasteiger partial charge in [0.25, 0.3) is 17.7 Å². The quantitative estimate of drug-likeness (QED) is 0.498. The lowest BCUT2D eigenvalue weighted by atomic mass is 9.85. The fourth-order valence-electron chi connectivity index (χ4n) is 4.48. The largest absolute Gasteiger partial charge is 0.369 e. The van der Waals surface area contributed by atoms with Gasteiger partial charge in [0.1, 0.15) is 0 Å². The topological polar surface area (TPSA) is 104 Å². The lowest BCUT2D eigenvalue weighted by Crippen LogP contribution is -2.42. The van der Waals surface area contributed by atoms with E-state index in [0.29, 0.717) is 44.4 Å². The van der Waals surface area contributed by atoms with Gasteiger partial charge in [-0.15, -0.1) is 0 Å². The van der Waals surface area contributed by atoms with Crippen molar-refractivity contribution in [1.29, 1.82) is 0 Å². The van der Waals surface area contributed by atoms with Gasteiger partial charge in [0.2, 0.25) is 0 Å². The van der Waals surface area contributed by atoms with Crippen molar-refractivity contribution in [1.82, 2.24) is 9.97 Å². The first kappa shape index (κ1) is 18.3. The number of aromatic nitrogens is 2. The molecular formula is C24H14N4O4. The molecule has 2 aromatic carbocycles. The van der Waals surface area contributed by atoms with Crippen molar-refractivity contribution in [2.75, 3.05) is 9.80 Å². The smallest absolute Gasteiger partial charge is 0.265 e. The maximum atomic E-state index is 13.4. The van der Waals surface area contributed by atoms with E-state index in [-0.39, 0.29) is 0 Å². The summed E-state index contributed by atoms with van der Waals surface area (Å²) in [6.07, 6.45) is 4.82. The van der Waals surface area contributed by atoms with Crippen molar-refractivity contribution >= 4 is 39.9 Å². The van der Waals surface area contributed by atoms with Crippen LogP contribution in [0.5, 0.6) is 0 Å². The van der Waals surface area contributed by atoms with Crippen LogP contribution in [0.25, 0.3) is 10.8 Å². The van der Waals surface area contributed by atoms with Gasteiger partial charge in [-0.1, -0.05) is 6.07 Å². The number of nitrogens with zero attached hydrogens (tertiary/aromatic N) is 4. The molecule has 0 bridgehead atoms. The van der Waals surface area contributed by atoms with Crippen LogP contribution in [0.1, 0.15) is 42.9 Å². The molecule has 0 aliphatic carbocycles. The molecule has 0 saturated carbocycles. The van der Waals surface area contributed by atoms with E-state index >= 15 is 0 Å². The van der Waals surface area contributed by atoms with Crippen molar-refractivity contribution in [3.05, 3.63) is 95.6 Å². The van der Waals surface area contributed by atoms with Gasteiger partial charge in [0, 0.05) is 57.8 Å². The Hall–Kier alpha value is -4.43. The molecule has 2 aliphatic heterocycles. The molecule has 1 atom stereocenters. The first-order chi connectivity index (χ1) is 15.6. The van der Waals surface area contributed by atoms with E-state index in [9.17, 15) is 19.5 Å². The summed E-state index contributed by atoms with van der Waals surface area (Å²) in [5, 5.41) is 11.9. The van der Waals surface area contributed by atoms with E-state index in [1.54, 1.807) is 48.5 Å². The summed E-state index contributed by atoms with van der Waals surface area (Å²) in [6, 6.07) is 12.8. The lowest BCUT2D eigenvalue weighted by Gasteiger charge is -2.36. The maximum Gasteiger partial charge on any atom is 0.265 e. The number of carbonyl (C=O) groups is 3. The molecule has 3 amide bonds. The second-order valence-corrected chi connectivity index (χ2v) is 7.52. The second-order valence-electron chi connectivity index (χ2n) is 7.52. The molecule has 0 saturated heterocycles. The Morgan fingerprint density at radius 3 is 1.72 bits per heavy atom. The first-order valence-electron chi connectivity index (χ1n) is 9.88. The minimum absolute atomic E-state index is 0.300. The number of pyridine rings is 2. The number of aliphatic hydroxyl groups is 1. The van der Waals surface area contributed by atoms with Crippen LogP contribution in [0.15, 0.2) is 73.3 Å². The number of hydrogen-bond acceptors (Lipinski definition) is 6. The Morgan fingerprint density at radius 1 is 0.625 bits per heavy atom. The molecule has 0 fully saturated rings. The first-order valence-corrected chi connectivity index (χ1v) is 9.88. The summed E-state index contributed by atoms with van der Waals surface area (Å²) in [5.41, 5.74) is 2.28. The molecule has 1 N–H and O–H groups in total. The molecule has 6 rings (SSSR count). The van der Waals surface area contributed by atoms with E-state index in [0.717, 1.165) is 4.90 Å². The number of aliphatic hydroxyl groups excluding tert-OH is 1. The average molecular weight is 422 g/mol. The van der Waals surface area contributed by atoms with Crippen molar-refractivity contribution in [2.45, 2.75) is 6.23 Å². The SMILES string of the molecule is O=C1c2ccc3c4c(ccc(c24)C(=O)N1c1ccncc1)C(O)N(c1ccncc1)C3=O. The maximum absolute atomic E-state index is 13.4. The Kier molecular flexibility index (Phi) is 3.75. The molecule has 2 aliphatic rings. The van der Waals surface area contributed by atoms with Gasteiger partial charge >= 0.3 is 0 Å². The zero-order chi connectivity index (χ0) is 22.0. The third kappa shape index (κ3) is 2.32. The monoisotopic (exact) mass is 422 g/mol. The zero-order valence-corrected chi connectivity index (χ0v) is 16.5.